The Balaban J connectivity index is 2.40. The molecule has 0 spiro atoms. The third kappa shape index (κ3) is 3.56. The molecule has 0 aliphatic rings. The Bertz CT molecular complexity index is 724. The van der Waals surface area contributed by atoms with Gasteiger partial charge in [0.2, 0.25) is 0 Å². The van der Waals surface area contributed by atoms with Crippen LogP contribution in [0, 0.1) is 21.7 Å². The first-order valence-electron chi connectivity index (χ1n) is 6.82. The molecule has 0 N–H and O–H groups in total. The topological polar surface area (TPSA) is 61.6 Å². The van der Waals surface area contributed by atoms with E-state index < -0.39 is 28.0 Å². The molecule has 0 atom stereocenters. The molecule has 0 bridgehead atoms. The molecule has 0 aliphatic carbocycles. The van der Waals surface area contributed by atoms with Gasteiger partial charge in [-0.05, 0) is 24.1 Å². The van der Waals surface area contributed by atoms with E-state index in [4.69, 9.17) is 9.47 Å². The number of rotatable bonds is 5. The molecular weight excluding hydrogens is 308 g/mol. The second kappa shape index (κ2) is 6.60. The summed E-state index contributed by atoms with van der Waals surface area (Å²) in [6.07, 6.45) is 0. The van der Waals surface area contributed by atoms with Crippen LogP contribution in [0.1, 0.15) is 25.3 Å². The van der Waals surface area contributed by atoms with Crippen molar-refractivity contribution in [3.05, 3.63) is 57.6 Å². The molecule has 0 heterocycles. The minimum absolute atomic E-state index is 0.111. The van der Waals surface area contributed by atoms with Crippen LogP contribution in [-0.2, 0) is 0 Å². The van der Waals surface area contributed by atoms with Crippen molar-refractivity contribution in [3.8, 4) is 17.2 Å². The molecule has 0 amide bonds. The maximum Gasteiger partial charge on any atom is 0.275 e. The van der Waals surface area contributed by atoms with Crippen LogP contribution < -0.4 is 9.47 Å². The van der Waals surface area contributed by atoms with Gasteiger partial charge >= 0.3 is 0 Å². The highest BCUT2D eigenvalue weighted by Crippen LogP contribution is 2.35. The van der Waals surface area contributed by atoms with E-state index in [1.54, 1.807) is 12.1 Å². The van der Waals surface area contributed by atoms with Crippen molar-refractivity contribution in [1.29, 1.82) is 0 Å². The van der Waals surface area contributed by atoms with Gasteiger partial charge in [-0.3, -0.25) is 10.1 Å². The Morgan fingerprint density at radius 1 is 1.13 bits per heavy atom. The van der Waals surface area contributed by atoms with Gasteiger partial charge in [-0.1, -0.05) is 13.8 Å². The van der Waals surface area contributed by atoms with Crippen LogP contribution in [0.5, 0.6) is 17.2 Å². The zero-order valence-electron chi connectivity index (χ0n) is 12.8. The highest BCUT2D eigenvalue weighted by Gasteiger charge is 2.19. The number of halogens is 2. The fourth-order valence-corrected chi connectivity index (χ4v) is 2.09. The number of ether oxygens (including phenoxy) is 2. The lowest BCUT2D eigenvalue weighted by Gasteiger charge is -2.14. The molecule has 0 fully saturated rings. The Morgan fingerprint density at radius 3 is 2.22 bits per heavy atom. The fourth-order valence-electron chi connectivity index (χ4n) is 2.09. The van der Waals surface area contributed by atoms with Crippen LogP contribution in [-0.4, -0.2) is 12.0 Å². The van der Waals surface area contributed by atoms with Crippen molar-refractivity contribution in [2.45, 2.75) is 19.8 Å². The third-order valence-electron chi connectivity index (χ3n) is 3.24. The minimum atomic E-state index is -1.14. The molecule has 0 aromatic heterocycles. The summed E-state index contributed by atoms with van der Waals surface area (Å²) in [6.45, 7) is 3.88. The Hall–Kier alpha value is -2.70. The first-order chi connectivity index (χ1) is 10.8. The number of non-ortho nitro benzene ring substituents is 1. The number of nitrogens with zero attached hydrogens (tertiary/aromatic N) is 1. The summed E-state index contributed by atoms with van der Waals surface area (Å²) < 4.78 is 38.2. The van der Waals surface area contributed by atoms with Crippen molar-refractivity contribution in [2.75, 3.05) is 7.11 Å². The molecule has 0 saturated carbocycles. The van der Waals surface area contributed by atoms with Gasteiger partial charge in [0.15, 0.2) is 17.4 Å². The first kappa shape index (κ1) is 16.7. The molecular formula is C16H15F2NO4. The molecule has 23 heavy (non-hydrogen) atoms. The van der Waals surface area contributed by atoms with E-state index >= 15 is 0 Å². The minimum Gasteiger partial charge on any atom is -0.496 e. The molecule has 0 radical (unpaired) electrons. The van der Waals surface area contributed by atoms with E-state index in [1.165, 1.54) is 13.2 Å². The SMILES string of the molecule is COc1ccc(Oc2c(F)cc([N+](=O)[O-])cc2F)cc1C(C)C. The van der Waals surface area contributed by atoms with Crippen LogP contribution in [0.25, 0.3) is 0 Å². The van der Waals surface area contributed by atoms with E-state index in [1.807, 2.05) is 13.8 Å². The van der Waals surface area contributed by atoms with E-state index in [9.17, 15) is 18.9 Å². The number of hydrogen-bond acceptors (Lipinski definition) is 4. The predicted octanol–water partition coefficient (Wildman–Crippen LogP) is 4.80. The van der Waals surface area contributed by atoms with Gasteiger partial charge in [0.05, 0.1) is 24.2 Å². The molecule has 2 rings (SSSR count). The molecule has 0 saturated heterocycles. The summed E-state index contributed by atoms with van der Waals surface area (Å²) >= 11 is 0. The normalized spacial score (nSPS) is 10.7. The lowest BCUT2D eigenvalue weighted by molar-refractivity contribution is -0.385. The molecule has 0 unspecified atom stereocenters. The van der Waals surface area contributed by atoms with E-state index in [2.05, 4.69) is 0 Å². The van der Waals surface area contributed by atoms with Gasteiger partial charge in [0, 0.05) is 5.56 Å². The summed E-state index contributed by atoms with van der Waals surface area (Å²) in [5.41, 5.74) is 0.137. The van der Waals surface area contributed by atoms with Crippen molar-refractivity contribution in [3.63, 3.8) is 0 Å². The Labute approximate surface area is 131 Å². The van der Waals surface area contributed by atoms with Gasteiger partial charge in [0.25, 0.3) is 5.69 Å². The fraction of sp³-hybridized carbons (Fsp3) is 0.250. The highest BCUT2D eigenvalue weighted by molar-refractivity contribution is 5.45. The van der Waals surface area contributed by atoms with Gasteiger partial charge in [0.1, 0.15) is 11.5 Å². The summed E-state index contributed by atoms with van der Waals surface area (Å²) in [7, 11) is 1.53. The standard InChI is InChI=1S/C16H15F2NO4/c1-9(2)12-8-11(4-5-15(12)22-3)23-16-13(17)6-10(19(20)21)7-14(16)18/h4-9H,1-3H3. The quantitative estimate of drug-likeness (QED) is 0.586. The zero-order valence-corrected chi connectivity index (χ0v) is 12.8. The summed E-state index contributed by atoms with van der Waals surface area (Å²) in [5, 5.41) is 10.6. The second-order valence-electron chi connectivity index (χ2n) is 5.16. The Morgan fingerprint density at radius 2 is 1.74 bits per heavy atom. The van der Waals surface area contributed by atoms with Crippen LogP contribution >= 0.6 is 0 Å². The summed E-state index contributed by atoms with van der Waals surface area (Å²) in [6, 6.07) is 5.98. The number of benzene rings is 2. The van der Waals surface area contributed by atoms with Gasteiger partial charge in [-0.25, -0.2) is 8.78 Å². The van der Waals surface area contributed by atoms with Crippen LogP contribution in [0.4, 0.5) is 14.5 Å². The van der Waals surface area contributed by atoms with E-state index in [0.717, 1.165) is 5.56 Å². The molecule has 0 aliphatic heterocycles. The second-order valence-corrected chi connectivity index (χ2v) is 5.16. The largest absolute Gasteiger partial charge is 0.496 e. The van der Waals surface area contributed by atoms with Crippen LogP contribution in [0.3, 0.4) is 0 Å². The van der Waals surface area contributed by atoms with Gasteiger partial charge in [-0.15, -0.1) is 0 Å². The molecule has 122 valence electrons. The number of methoxy groups -OCH3 is 1. The summed E-state index contributed by atoms with van der Waals surface area (Å²) in [5.74, 6) is -2.01. The number of nitro groups is 1. The van der Waals surface area contributed by atoms with Crippen molar-refractivity contribution < 1.29 is 23.2 Å². The number of hydrogen-bond donors (Lipinski definition) is 0. The monoisotopic (exact) mass is 323 g/mol. The van der Waals surface area contributed by atoms with Crippen LogP contribution in [0.15, 0.2) is 30.3 Å². The van der Waals surface area contributed by atoms with E-state index in [0.29, 0.717) is 17.9 Å². The van der Waals surface area contributed by atoms with Crippen molar-refractivity contribution in [2.24, 2.45) is 0 Å². The smallest absolute Gasteiger partial charge is 0.275 e. The maximum absolute atomic E-state index is 13.9. The Kier molecular flexibility index (Phi) is 4.78. The maximum atomic E-state index is 13.9. The predicted molar refractivity (Wildman–Crippen MR) is 80.2 cm³/mol. The van der Waals surface area contributed by atoms with Crippen molar-refractivity contribution >= 4 is 5.69 Å². The lowest BCUT2D eigenvalue weighted by atomic mass is 10.0. The average Bonchev–Trinajstić information content (AvgIpc) is 2.50. The zero-order chi connectivity index (χ0) is 17.1. The molecule has 5 nitrogen and oxygen atoms in total. The molecule has 2 aromatic carbocycles. The third-order valence-corrected chi connectivity index (χ3v) is 3.24. The van der Waals surface area contributed by atoms with Gasteiger partial charge in [-0.2, -0.15) is 0 Å². The molecule has 7 heteroatoms. The summed E-state index contributed by atoms with van der Waals surface area (Å²) in [4.78, 5) is 9.71. The average molecular weight is 323 g/mol. The highest BCUT2D eigenvalue weighted by atomic mass is 19.1. The molecule has 2 aromatic rings. The van der Waals surface area contributed by atoms with Crippen LogP contribution in [0.2, 0.25) is 0 Å². The first-order valence-corrected chi connectivity index (χ1v) is 6.82. The van der Waals surface area contributed by atoms with Gasteiger partial charge < -0.3 is 9.47 Å². The van der Waals surface area contributed by atoms with E-state index in [-0.39, 0.29) is 11.7 Å². The lowest BCUT2D eigenvalue weighted by Crippen LogP contribution is -1.98. The van der Waals surface area contributed by atoms with Crippen molar-refractivity contribution in [1.82, 2.24) is 0 Å². The number of nitro benzene ring substituents is 1.